The first-order valence-electron chi connectivity index (χ1n) is 5.93. The van der Waals surface area contributed by atoms with Gasteiger partial charge in [0.05, 0.1) is 11.3 Å². The largest absolute Gasteiger partial charge is 0.354 e. The highest BCUT2D eigenvalue weighted by atomic mass is 79.9. The molecule has 0 bridgehead atoms. The first kappa shape index (κ1) is 14.1. The monoisotopic (exact) mass is 329 g/mol. The minimum Gasteiger partial charge on any atom is -0.354 e. The number of nitrogens with zero attached hydrogens (tertiary/aromatic N) is 1. The van der Waals surface area contributed by atoms with Crippen molar-refractivity contribution in [3.63, 3.8) is 0 Å². The second kappa shape index (κ2) is 6.22. The number of hydrogen-bond acceptors (Lipinski definition) is 3. The Morgan fingerprint density at radius 3 is 2.40 bits per heavy atom. The third-order valence-electron chi connectivity index (χ3n) is 2.61. The molecule has 1 amide bonds. The molecule has 0 atom stereocenters. The Labute approximate surface area is 125 Å². The van der Waals surface area contributed by atoms with Gasteiger partial charge in [-0.2, -0.15) is 5.26 Å². The summed E-state index contributed by atoms with van der Waals surface area (Å²) in [6, 6.07) is 15.0. The second-order valence-electron chi connectivity index (χ2n) is 4.16. The Kier molecular flexibility index (Phi) is 4.38. The van der Waals surface area contributed by atoms with Crippen molar-refractivity contribution in [3.8, 4) is 6.07 Å². The van der Waals surface area contributed by atoms with E-state index in [-0.39, 0.29) is 5.91 Å². The molecule has 0 spiro atoms. The van der Waals surface area contributed by atoms with Gasteiger partial charge in [0.15, 0.2) is 0 Å². The van der Waals surface area contributed by atoms with Crippen LogP contribution < -0.4 is 10.6 Å². The van der Waals surface area contributed by atoms with Gasteiger partial charge in [0.1, 0.15) is 6.07 Å². The first-order valence-corrected chi connectivity index (χ1v) is 6.73. The van der Waals surface area contributed by atoms with Crippen molar-refractivity contribution in [2.45, 2.75) is 6.92 Å². The van der Waals surface area contributed by atoms with Gasteiger partial charge < -0.3 is 10.6 Å². The predicted octanol–water partition coefficient (Wildman–Crippen LogP) is 4.02. The zero-order chi connectivity index (χ0) is 14.5. The van der Waals surface area contributed by atoms with E-state index in [0.717, 1.165) is 21.5 Å². The number of rotatable bonds is 3. The molecule has 0 aliphatic rings. The highest BCUT2D eigenvalue weighted by Crippen LogP contribution is 2.27. The molecule has 2 rings (SSSR count). The van der Waals surface area contributed by atoms with Crippen molar-refractivity contribution in [1.29, 1.82) is 5.26 Å². The maximum absolute atomic E-state index is 10.9. The third-order valence-corrected chi connectivity index (χ3v) is 3.27. The number of nitriles is 1. The molecule has 2 N–H and O–H groups in total. The van der Waals surface area contributed by atoms with E-state index in [9.17, 15) is 4.79 Å². The zero-order valence-electron chi connectivity index (χ0n) is 10.8. The van der Waals surface area contributed by atoms with Crippen molar-refractivity contribution >= 4 is 38.9 Å². The summed E-state index contributed by atoms with van der Waals surface area (Å²) in [6.45, 7) is 1.47. The fourth-order valence-corrected chi connectivity index (χ4v) is 2.19. The minimum atomic E-state index is -0.107. The number of hydrogen-bond donors (Lipinski definition) is 2. The standard InChI is InChI=1S/C15H12BrN3O/c1-10(20)18-11-5-7-12(8-6-11)19-15-4-2-3-14(16)13(15)9-17/h2-8,19H,1H3,(H,18,20). The SMILES string of the molecule is CC(=O)Nc1ccc(Nc2cccc(Br)c2C#N)cc1. The molecule has 0 aliphatic heterocycles. The van der Waals surface area contributed by atoms with E-state index < -0.39 is 0 Å². The van der Waals surface area contributed by atoms with E-state index in [1.165, 1.54) is 6.92 Å². The van der Waals surface area contributed by atoms with Crippen molar-refractivity contribution in [3.05, 3.63) is 52.5 Å². The van der Waals surface area contributed by atoms with Gasteiger partial charge >= 0.3 is 0 Å². The van der Waals surface area contributed by atoms with Crippen LogP contribution in [0.3, 0.4) is 0 Å². The molecule has 5 heteroatoms. The summed E-state index contributed by atoms with van der Waals surface area (Å²) in [5.74, 6) is -0.107. The summed E-state index contributed by atoms with van der Waals surface area (Å²) in [5, 5.41) is 15.0. The van der Waals surface area contributed by atoms with E-state index in [2.05, 4.69) is 32.6 Å². The summed E-state index contributed by atoms with van der Waals surface area (Å²) < 4.78 is 0.750. The number of halogens is 1. The minimum absolute atomic E-state index is 0.107. The topological polar surface area (TPSA) is 64.9 Å². The molecule has 0 radical (unpaired) electrons. The summed E-state index contributed by atoms with van der Waals surface area (Å²) in [6.07, 6.45) is 0. The van der Waals surface area contributed by atoms with Gasteiger partial charge in [-0.15, -0.1) is 0 Å². The van der Waals surface area contributed by atoms with Crippen LogP contribution in [0.15, 0.2) is 46.9 Å². The smallest absolute Gasteiger partial charge is 0.221 e. The van der Waals surface area contributed by atoms with Crippen molar-refractivity contribution < 1.29 is 4.79 Å². The molecule has 0 unspecified atom stereocenters. The normalized spacial score (nSPS) is 9.65. The lowest BCUT2D eigenvalue weighted by atomic mass is 10.2. The Bertz CT molecular complexity index is 675. The Morgan fingerprint density at radius 1 is 1.15 bits per heavy atom. The molecule has 100 valence electrons. The van der Waals surface area contributed by atoms with E-state index in [1.807, 2.05) is 30.3 Å². The van der Waals surface area contributed by atoms with E-state index in [4.69, 9.17) is 5.26 Å². The van der Waals surface area contributed by atoms with Crippen LogP contribution in [0, 0.1) is 11.3 Å². The number of amides is 1. The number of benzene rings is 2. The number of nitrogens with one attached hydrogen (secondary N) is 2. The van der Waals surface area contributed by atoms with E-state index in [1.54, 1.807) is 12.1 Å². The van der Waals surface area contributed by atoms with Gasteiger partial charge in [0.2, 0.25) is 5.91 Å². The van der Waals surface area contributed by atoms with Crippen LogP contribution >= 0.6 is 15.9 Å². The molecule has 4 nitrogen and oxygen atoms in total. The molecule has 0 aromatic heterocycles. The number of carbonyl (C=O) groups excluding carboxylic acids is 1. The average molecular weight is 330 g/mol. The average Bonchev–Trinajstić information content (AvgIpc) is 2.41. The van der Waals surface area contributed by atoms with Crippen LogP contribution in [0.4, 0.5) is 17.1 Å². The van der Waals surface area contributed by atoms with Crippen LogP contribution in [0.2, 0.25) is 0 Å². The lowest BCUT2D eigenvalue weighted by Crippen LogP contribution is -2.05. The van der Waals surface area contributed by atoms with Gasteiger partial charge in [-0.3, -0.25) is 4.79 Å². The maximum atomic E-state index is 10.9. The molecular weight excluding hydrogens is 318 g/mol. The van der Waals surface area contributed by atoms with Crippen molar-refractivity contribution in [1.82, 2.24) is 0 Å². The van der Waals surface area contributed by atoms with Crippen LogP contribution in [-0.4, -0.2) is 5.91 Å². The van der Waals surface area contributed by atoms with Gasteiger partial charge in [-0.1, -0.05) is 6.07 Å². The quantitative estimate of drug-likeness (QED) is 0.893. The molecule has 0 saturated heterocycles. The van der Waals surface area contributed by atoms with Crippen LogP contribution in [0.25, 0.3) is 0 Å². The molecule has 0 heterocycles. The third kappa shape index (κ3) is 3.37. The Balaban J connectivity index is 2.21. The van der Waals surface area contributed by atoms with Crippen LogP contribution in [0.1, 0.15) is 12.5 Å². The molecule has 20 heavy (non-hydrogen) atoms. The highest BCUT2D eigenvalue weighted by molar-refractivity contribution is 9.10. The lowest BCUT2D eigenvalue weighted by Gasteiger charge is -2.10. The van der Waals surface area contributed by atoms with Gasteiger partial charge in [-0.05, 0) is 52.3 Å². The van der Waals surface area contributed by atoms with Crippen molar-refractivity contribution in [2.75, 3.05) is 10.6 Å². The fraction of sp³-hybridized carbons (Fsp3) is 0.0667. The van der Waals surface area contributed by atoms with Gasteiger partial charge in [0.25, 0.3) is 0 Å². The van der Waals surface area contributed by atoms with E-state index >= 15 is 0 Å². The molecule has 0 saturated carbocycles. The number of carbonyl (C=O) groups is 1. The summed E-state index contributed by atoms with van der Waals surface area (Å²) >= 11 is 3.35. The fourth-order valence-electron chi connectivity index (χ4n) is 1.74. The molecule has 2 aromatic carbocycles. The molecule has 0 fully saturated rings. The first-order chi connectivity index (χ1) is 9.60. The van der Waals surface area contributed by atoms with E-state index in [0.29, 0.717) is 5.56 Å². The van der Waals surface area contributed by atoms with Gasteiger partial charge in [0, 0.05) is 22.8 Å². The summed E-state index contributed by atoms with van der Waals surface area (Å²) in [7, 11) is 0. The molecular formula is C15H12BrN3O. The Morgan fingerprint density at radius 2 is 1.80 bits per heavy atom. The number of anilines is 3. The second-order valence-corrected chi connectivity index (χ2v) is 5.01. The van der Waals surface area contributed by atoms with Crippen molar-refractivity contribution in [2.24, 2.45) is 0 Å². The van der Waals surface area contributed by atoms with Crippen LogP contribution in [0.5, 0.6) is 0 Å². The zero-order valence-corrected chi connectivity index (χ0v) is 12.4. The molecule has 0 aliphatic carbocycles. The summed E-state index contributed by atoms with van der Waals surface area (Å²) in [4.78, 5) is 10.9. The van der Waals surface area contributed by atoms with Gasteiger partial charge in [-0.25, -0.2) is 0 Å². The highest BCUT2D eigenvalue weighted by Gasteiger charge is 2.06. The lowest BCUT2D eigenvalue weighted by molar-refractivity contribution is -0.114. The Hall–Kier alpha value is -2.32. The van der Waals surface area contributed by atoms with Crippen LogP contribution in [-0.2, 0) is 4.79 Å². The molecule has 2 aromatic rings. The predicted molar refractivity (Wildman–Crippen MR) is 82.9 cm³/mol. The maximum Gasteiger partial charge on any atom is 0.221 e. The summed E-state index contributed by atoms with van der Waals surface area (Å²) in [5.41, 5.74) is 2.86.